The van der Waals surface area contributed by atoms with E-state index in [1.54, 1.807) is 12.1 Å². The first kappa shape index (κ1) is 15.3. The van der Waals surface area contributed by atoms with Gasteiger partial charge in [-0.25, -0.2) is 13.6 Å². The van der Waals surface area contributed by atoms with Crippen LogP contribution in [-0.2, 0) is 6.54 Å². The lowest BCUT2D eigenvalue weighted by Crippen LogP contribution is -2.40. The largest absolute Gasteiger partial charge is 0.491 e. The number of fused-ring (bicyclic) bond motifs is 1. The average molecular weight is 318 g/mol. The molecule has 1 heterocycles. The Labute approximate surface area is 132 Å². The molecular formula is C17H16F2N2O2. The highest BCUT2D eigenvalue weighted by atomic mass is 19.1. The number of halogens is 2. The van der Waals surface area contributed by atoms with Gasteiger partial charge in [-0.15, -0.1) is 0 Å². The van der Waals surface area contributed by atoms with Crippen LogP contribution in [0.4, 0.5) is 19.3 Å². The number of nitrogens with zero attached hydrogens (tertiary/aromatic N) is 1. The minimum absolute atomic E-state index is 0.285. The number of urea groups is 1. The Morgan fingerprint density at radius 1 is 1.13 bits per heavy atom. The predicted octanol–water partition coefficient (Wildman–Crippen LogP) is 3.46. The molecule has 1 aliphatic heterocycles. The summed E-state index contributed by atoms with van der Waals surface area (Å²) >= 11 is 0. The minimum atomic E-state index is -0.405. The predicted molar refractivity (Wildman–Crippen MR) is 82.5 cm³/mol. The van der Waals surface area contributed by atoms with Crippen molar-refractivity contribution < 1.29 is 18.3 Å². The number of hydrogen-bond donors (Lipinski definition) is 1. The van der Waals surface area contributed by atoms with E-state index in [2.05, 4.69) is 5.32 Å². The molecule has 2 aromatic carbocycles. The summed E-state index contributed by atoms with van der Waals surface area (Å²) < 4.78 is 31.7. The number of anilines is 1. The number of ether oxygens (including phenoxy) is 1. The van der Waals surface area contributed by atoms with Crippen LogP contribution in [0, 0.1) is 11.6 Å². The van der Waals surface area contributed by atoms with E-state index < -0.39 is 5.82 Å². The van der Waals surface area contributed by atoms with Crippen molar-refractivity contribution >= 4 is 11.7 Å². The molecule has 0 aromatic heterocycles. The number of rotatable bonds is 2. The van der Waals surface area contributed by atoms with Crippen molar-refractivity contribution in [2.45, 2.75) is 13.0 Å². The standard InChI is InChI=1S/C17H16F2N2O2/c18-13-4-2-12(3-5-13)11-20-17(22)21-8-1-9-23-16-10-14(19)6-7-15(16)21/h2-7,10H,1,8-9,11H2,(H,20,22). The second kappa shape index (κ2) is 6.64. The van der Waals surface area contributed by atoms with Crippen LogP contribution in [0.3, 0.4) is 0 Å². The topological polar surface area (TPSA) is 41.6 Å². The molecule has 2 amide bonds. The number of hydrogen-bond acceptors (Lipinski definition) is 2. The summed E-state index contributed by atoms with van der Waals surface area (Å²) in [5.74, 6) is -0.363. The van der Waals surface area contributed by atoms with E-state index in [0.29, 0.717) is 31.0 Å². The highest BCUT2D eigenvalue weighted by Gasteiger charge is 2.22. The van der Waals surface area contributed by atoms with Crippen molar-refractivity contribution in [3.05, 3.63) is 59.7 Å². The number of carbonyl (C=O) groups excluding carboxylic acids is 1. The molecule has 1 aliphatic rings. The third-order valence-corrected chi connectivity index (χ3v) is 3.60. The van der Waals surface area contributed by atoms with Crippen molar-refractivity contribution in [3.8, 4) is 5.75 Å². The first-order chi connectivity index (χ1) is 11.1. The van der Waals surface area contributed by atoms with E-state index in [9.17, 15) is 13.6 Å². The zero-order valence-corrected chi connectivity index (χ0v) is 12.4. The van der Waals surface area contributed by atoms with E-state index in [4.69, 9.17) is 4.74 Å². The summed E-state index contributed by atoms with van der Waals surface area (Å²) in [7, 11) is 0. The number of amides is 2. The second-order valence-electron chi connectivity index (χ2n) is 5.25. The summed E-state index contributed by atoms with van der Waals surface area (Å²) in [6.45, 7) is 1.19. The molecule has 3 rings (SSSR count). The van der Waals surface area contributed by atoms with E-state index in [1.165, 1.54) is 35.2 Å². The molecule has 0 bridgehead atoms. The highest BCUT2D eigenvalue weighted by molar-refractivity contribution is 5.93. The zero-order chi connectivity index (χ0) is 16.2. The van der Waals surface area contributed by atoms with Crippen molar-refractivity contribution in [2.75, 3.05) is 18.1 Å². The summed E-state index contributed by atoms with van der Waals surface area (Å²) in [6.07, 6.45) is 0.653. The van der Waals surface area contributed by atoms with Crippen LogP contribution < -0.4 is 15.0 Å². The molecule has 0 spiro atoms. The molecular weight excluding hydrogens is 302 g/mol. The molecule has 0 radical (unpaired) electrons. The van der Waals surface area contributed by atoms with Crippen molar-refractivity contribution in [2.24, 2.45) is 0 Å². The maximum Gasteiger partial charge on any atom is 0.322 e. The van der Waals surface area contributed by atoms with Gasteiger partial charge in [-0.3, -0.25) is 4.90 Å². The van der Waals surface area contributed by atoms with Crippen LogP contribution in [0.15, 0.2) is 42.5 Å². The minimum Gasteiger partial charge on any atom is -0.491 e. The number of benzene rings is 2. The Hall–Kier alpha value is -2.63. The second-order valence-corrected chi connectivity index (χ2v) is 5.25. The van der Waals surface area contributed by atoms with Crippen LogP contribution in [0.25, 0.3) is 0 Å². The molecule has 1 N–H and O–H groups in total. The first-order valence-electron chi connectivity index (χ1n) is 7.35. The quantitative estimate of drug-likeness (QED) is 0.921. The van der Waals surface area contributed by atoms with Crippen molar-refractivity contribution in [1.29, 1.82) is 0 Å². The van der Waals surface area contributed by atoms with Gasteiger partial charge in [-0.05, 0) is 36.2 Å². The SMILES string of the molecule is O=C(NCc1ccc(F)cc1)N1CCCOc2cc(F)ccc21. The lowest BCUT2D eigenvalue weighted by Gasteiger charge is -2.22. The van der Waals surface area contributed by atoms with Gasteiger partial charge in [0.05, 0.1) is 12.3 Å². The smallest absolute Gasteiger partial charge is 0.322 e. The van der Waals surface area contributed by atoms with Gasteiger partial charge in [0.15, 0.2) is 0 Å². The Morgan fingerprint density at radius 3 is 2.65 bits per heavy atom. The summed E-state index contributed by atoms with van der Waals surface area (Å²) in [5, 5.41) is 2.79. The lowest BCUT2D eigenvalue weighted by molar-refractivity contribution is 0.246. The molecule has 0 atom stereocenters. The molecule has 23 heavy (non-hydrogen) atoms. The van der Waals surface area contributed by atoms with Crippen LogP contribution in [0.5, 0.6) is 5.75 Å². The first-order valence-corrected chi connectivity index (χ1v) is 7.35. The van der Waals surface area contributed by atoms with Crippen LogP contribution in [0.1, 0.15) is 12.0 Å². The Morgan fingerprint density at radius 2 is 1.87 bits per heavy atom. The molecule has 0 saturated heterocycles. The van der Waals surface area contributed by atoms with Crippen LogP contribution >= 0.6 is 0 Å². The van der Waals surface area contributed by atoms with Gasteiger partial charge >= 0.3 is 6.03 Å². The molecule has 0 unspecified atom stereocenters. The molecule has 0 aliphatic carbocycles. The van der Waals surface area contributed by atoms with Crippen molar-refractivity contribution in [3.63, 3.8) is 0 Å². The van der Waals surface area contributed by atoms with E-state index in [-0.39, 0.29) is 18.4 Å². The lowest BCUT2D eigenvalue weighted by atomic mass is 10.2. The number of carbonyl (C=O) groups is 1. The molecule has 2 aromatic rings. The van der Waals surface area contributed by atoms with Gasteiger partial charge in [-0.1, -0.05) is 12.1 Å². The van der Waals surface area contributed by atoms with Gasteiger partial charge in [0, 0.05) is 19.2 Å². The number of nitrogens with one attached hydrogen (secondary N) is 1. The van der Waals surface area contributed by atoms with E-state index in [0.717, 1.165) is 5.56 Å². The highest BCUT2D eigenvalue weighted by Crippen LogP contribution is 2.31. The van der Waals surface area contributed by atoms with Gasteiger partial charge < -0.3 is 10.1 Å². The molecule has 120 valence electrons. The summed E-state index contributed by atoms with van der Waals surface area (Å²) in [5.41, 5.74) is 1.34. The summed E-state index contributed by atoms with van der Waals surface area (Å²) in [6, 6.07) is 9.74. The fourth-order valence-electron chi connectivity index (χ4n) is 2.44. The maximum atomic E-state index is 13.3. The van der Waals surface area contributed by atoms with Crippen molar-refractivity contribution in [1.82, 2.24) is 5.32 Å². The third-order valence-electron chi connectivity index (χ3n) is 3.60. The fourth-order valence-corrected chi connectivity index (χ4v) is 2.44. The maximum absolute atomic E-state index is 13.3. The van der Waals surface area contributed by atoms with Gasteiger partial charge in [0.1, 0.15) is 17.4 Å². The molecule has 0 saturated carbocycles. The van der Waals surface area contributed by atoms with Gasteiger partial charge in [0.2, 0.25) is 0 Å². The average Bonchev–Trinajstić information content (AvgIpc) is 2.76. The van der Waals surface area contributed by atoms with Gasteiger partial charge in [0.25, 0.3) is 0 Å². The Balaban J connectivity index is 1.73. The Bertz CT molecular complexity index is 704. The normalized spacial score (nSPS) is 13.7. The monoisotopic (exact) mass is 318 g/mol. The van der Waals surface area contributed by atoms with Gasteiger partial charge in [-0.2, -0.15) is 0 Å². The summed E-state index contributed by atoms with van der Waals surface area (Å²) in [4.78, 5) is 14.0. The third kappa shape index (κ3) is 3.59. The molecule has 0 fully saturated rings. The van der Waals surface area contributed by atoms with Crippen LogP contribution in [-0.4, -0.2) is 19.2 Å². The molecule has 4 nitrogen and oxygen atoms in total. The molecule has 6 heteroatoms. The fraction of sp³-hybridized carbons (Fsp3) is 0.235. The van der Waals surface area contributed by atoms with E-state index in [1.807, 2.05) is 0 Å². The Kier molecular flexibility index (Phi) is 4.41. The zero-order valence-electron chi connectivity index (χ0n) is 12.4. The van der Waals surface area contributed by atoms with E-state index >= 15 is 0 Å². The van der Waals surface area contributed by atoms with Crippen LogP contribution in [0.2, 0.25) is 0 Å².